The largest absolute Gasteiger partial charge is 0.388 e. The molecule has 0 saturated heterocycles. The first-order valence-electron chi connectivity index (χ1n) is 5.38. The zero-order chi connectivity index (χ0) is 13.2. The first-order valence-corrected chi connectivity index (χ1v) is 6.17. The van der Waals surface area contributed by atoms with Gasteiger partial charge in [-0.1, -0.05) is 5.16 Å². The summed E-state index contributed by atoms with van der Waals surface area (Å²) < 4.78 is 5.85. The minimum Gasteiger partial charge on any atom is -0.388 e. The quantitative estimate of drug-likeness (QED) is 0.878. The third-order valence-corrected chi connectivity index (χ3v) is 3.05. The molecule has 1 atom stereocenters. The molecule has 0 amide bonds. The molecule has 18 heavy (non-hydrogen) atoms. The molecule has 0 saturated carbocycles. The van der Waals surface area contributed by atoms with Crippen molar-refractivity contribution in [3.63, 3.8) is 0 Å². The maximum atomic E-state index is 9.83. The summed E-state index contributed by atoms with van der Waals surface area (Å²) in [5.74, 6) is 0.711. The topological polar surface area (TPSA) is 98.1 Å². The van der Waals surface area contributed by atoms with E-state index in [2.05, 4.69) is 31.1 Å². The Kier molecular flexibility index (Phi) is 3.74. The van der Waals surface area contributed by atoms with E-state index in [9.17, 15) is 5.11 Å². The van der Waals surface area contributed by atoms with Crippen molar-refractivity contribution in [1.82, 2.24) is 15.1 Å². The molecule has 0 radical (unpaired) electrons. The Morgan fingerprint density at radius 2 is 2.33 bits per heavy atom. The summed E-state index contributed by atoms with van der Waals surface area (Å²) in [6, 6.07) is 3.64. The number of nitrogens with two attached hydrogens (primary N) is 1. The lowest BCUT2D eigenvalue weighted by Gasteiger charge is -2.17. The minimum atomic E-state index is -1.05. The second kappa shape index (κ2) is 5.13. The number of aliphatic hydroxyl groups is 1. The van der Waals surface area contributed by atoms with Crippen LogP contribution in [-0.2, 0) is 6.42 Å². The first-order chi connectivity index (χ1) is 8.52. The fourth-order valence-corrected chi connectivity index (χ4v) is 1.80. The first kappa shape index (κ1) is 13.1. The van der Waals surface area contributed by atoms with Crippen LogP contribution in [0.5, 0.6) is 0 Å². The monoisotopic (exact) mass is 312 g/mol. The molecule has 0 aliphatic carbocycles. The van der Waals surface area contributed by atoms with Crippen molar-refractivity contribution in [2.45, 2.75) is 18.9 Å². The van der Waals surface area contributed by atoms with Crippen LogP contribution in [0.2, 0.25) is 0 Å². The van der Waals surface area contributed by atoms with Crippen molar-refractivity contribution in [1.29, 1.82) is 0 Å². The highest BCUT2D eigenvalue weighted by Gasteiger charge is 2.23. The van der Waals surface area contributed by atoms with Gasteiger partial charge in [0.05, 0.1) is 12.0 Å². The summed E-state index contributed by atoms with van der Waals surface area (Å²) in [7, 11) is 0. The van der Waals surface area contributed by atoms with Crippen LogP contribution >= 0.6 is 15.9 Å². The van der Waals surface area contributed by atoms with Crippen LogP contribution in [0.1, 0.15) is 12.8 Å². The van der Waals surface area contributed by atoms with Crippen molar-refractivity contribution < 1.29 is 9.63 Å². The lowest BCUT2D eigenvalue weighted by atomic mass is 10.0. The molecule has 0 bridgehead atoms. The maximum absolute atomic E-state index is 9.83. The van der Waals surface area contributed by atoms with Crippen LogP contribution in [0.25, 0.3) is 11.5 Å². The Morgan fingerprint density at radius 3 is 3.00 bits per heavy atom. The van der Waals surface area contributed by atoms with Crippen LogP contribution in [-0.4, -0.2) is 32.4 Å². The predicted octanol–water partition coefficient (Wildman–Crippen LogP) is 1.15. The van der Waals surface area contributed by atoms with Gasteiger partial charge >= 0.3 is 0 Å². The minimum absolute atomic E-state index is 0.123. The van der Waals surface area contributed by atoms with Gasteiger partial charge in [-0.15, -0.1) is 0 Å². The van der Waals surface area contributed by atoms with Crippen LogP contribution in [0, 0.1) is 0 Å². The molecule has 0 aromatic carbocycles. The number of halogens is 1. The Hall–Kier alpha value is -1.31. The Balaban J connectivity index is 2.24. The van der Waals surface area contributed by atoms with Crippen molar-refractivity contribution in [3.8, 4) is 11.5 Å². The number of rotatable bonds is 4. The van der Waals surface area contributed by atoms with Gasteiger partial charge in [-0.2, -0.15) is 4.98 Å². The van der Waals surface area contributed by atoms with Crippen LogP contribution < -0.4 is 5.73 Å². The molecule has 2 rings (SSSR count). The standard InChI is InChI=1S/C11H13BrN4O2/c1-11(17,6-13)5-8-15-10(16-18-8)9-7(12)3-2-4-14-9/h2-4,17H,5-6,13H2,1H3. The summed E-state index contributed by atoms with van der Waals surface area (Å²) in [6.45, 7) is 1.74. The number of hydrogen-bond donors (Lipinski definition) is 2. The number of aromatic nitrogens is 3. The Bertz CT molecular complexity index is 541. The third-order valence-electron chi connectivity index (χ3n) is 2.41. The van der Waals surface area contributed by atoms with Gasteiger partial charge < -0.3 is 15.4 Å². The second-order valence-electron chi connectivity index (χ2n) is 4.22. The Labute approximate surface area is 112 Å². The smallest absolute Gasteiger partial charge is 0.229 e. The zero-order valence-corrected chi connectivity index (χ0v) is 11.4. The van der Waals surface area contributed by atoms with Gasteiger partial charge in [-0.25, -0.2) is 0 Å². The van der Waals surface area contributed by atoms with E-state index in [1.165, 1.54) is 0 Å². The van der Waals surface area contributed by atoms with E-state index in [0.29, 0.717) is 17.4 Å². The summed E-state index contributed by atoms with van der Waals surface area (Å²) >= 11 is 3.36. The van der Waals surface area contributed by atoms with Crippen LogP contribution in [0.3, 0.4) is 0 Å². The maximum Gasteiger partial charge on any atom is 0.229 e. The van der Waals surface area contributed by atoms with E-state index in [1.807, 2.05) is 6.07 Å². The van der Waals surface area contributed by atoms with Gasteiger partial charge in [-0.3, -0.25) is 4.98 Å². The molecule has 1 unspecified atom stereocenters. The molecule has 96 valence electrons. The summed E-state index contributed by atoms with van der Waals surface area (Å²) in [4.78, 5) is 8.35. The summed E-state index contributed by atoms with van der Waals surface area (Å²) in [5, 5.41) is 13.7. The highest BCUT2D eigenvalue weighted by Crippen LogP contribution is 2.23. The number of pyridine rings is 1. The molecule has 2 heterocycles. The van der Waals surface area contributed by atoms with Gasteiger partial charge in [0.1, 0.15) is 5.69 Å². The van der Waals surface area contributed by atoms with E-state index in [1.54, 1.807) is 19.2 Å². The van der Waals surface area contributed by atoms with Gasteiger partial charge in [0.25, 0.3) is 0 Å². The van der Waals surface area contributed by atoms with E-state index in [0.717, 1.165) is 4.47 Å². The molecule has 3 N–H and O–H groups in total. The molecule has 6 nitrogen and oxygen atoms in total. The molecule has 0 aliphatic heterocycles. The van der Waals surface area contributed by atoms with Crippen molar-refractivity contribution in [2.75, 3.05) is 6.54 Å². The second-order valence-corrected chi connectivity index (χ2v) is 5.08. The van der Waals surface area contributed by atoms with E-state index in [4.69, 9.17) is 10.3 Å². The van der Waals surface area contributed by atoms with Crippen molar-refractivity contribution >= 4 is 15.9 Å². The molecule has 0 fully saturated rings. The highest BCUT2D eigenvalue weighted by atomic mass is 79.9. The number of nitrogens with zero attached hydrogens (tertiary/aromatic N) is 3. The van der Waals surface area contributed by atoms with Crippen LogP contribution in [0.4, 0.5) is 0 Å². The molecule has 2 aromatic rings. The molecule has 7 heteroatoms. The van der Waals surface area contributed by atoms with Gasteiger partial charge in [0.2, 0.25) is 11.7 Å². The summed E-state index contributed by atoms with van der Waals surface area (Å²) in [5.41, 5.74) is 4.98. The molecule has 2 aromatic heterocycles. The SMILES string of the molecule is CC(O)(CN)Cc1nc(-c2ncccc2Br)no1. The lowest BCUT2D eigenvalue weighted by molar-refractivity contribution is 0.0610. The van der Waals surface area contributed by atoms with Gasteiger partial charge in [-0.05, 0) is 35.0 Å². The van der Waals surface area contributed by atoms with E-state index >= 15 is 0 Å². The van der Waals surface area contributed by atoms with Gasteiger partial charge in [0.15, 0.2) is 0 Å². The molecule has 0 aliphatic rings. The number of hydrogen-bond acceptors (Lipinski definition) is 6. The van der Waals surface area contributed by atoms with Gasteiger partial charge in [0, 0.05) is 17.2 Å². The third kappa shape index (κ3) is 2.92. The highest BCUT2D eigenvalue weighted by molar-refractivity contribution is 9.10. The fourth-order valence-electron chi connectivity index (χ4n) is 1.37. The molecular formula is C11H13BrN4O2. The Morgan fingerprint density at radius 1 is 1.56 bits per heavy atom. The predicted molar refractivity (Wildman–Crippen MR) is 68.6 cm³/mol. The normalized spacial score (nSPS) is 14.4. The molecule has 0 spiro atoms. The average molecular weight is 313 g/mol. The van der Waals surface area contributed by atoms with Crippen LogP contribution in [0.15, 0.2) is 27.3 Å². The van der Waals surface area contributed by atoms with Crippen molar-refractivity contribution in [2.24, 2.45) is 5.73 Å². The average Bonchev–Trinajstić information content (AvgIpc) is 2.77. The fraction of sp³-hybridized carbons (Fsp3) is 0.364. The van der Waals surface area contributed by atoms with E-state index < -0.39 is 5.60 Å². The molecular weight excluding hydrogens is 300 g/mol. The van der Waals surface area contributed by atoms with Crippen molar-refractivity contribution in [3.05, 3.63) is 28.7 Å². The summed E-state index contributed by atoms with van der Waals surface area (Å²) in [6.07, 6.45) is 1.85. The lowest BCUT2D eigenvalue weighted by Crippen LogP contribution is -2.36. The zero-order valence-electron chi connectivity index (χ0n) is 9.80. The van der Waals surface area contributed by atoms with E-state index in [-0.39, 0.29) is 13.0 Å².